The van der Waals surface area contributed by atoms with E-state index in [2.05, 4.69) is 29.0 Å². The van der Waals surface area contributed by atoms with Crippen molar-refractivity contribution in [3.05, 3.63) is 18.0 Å². The normalized spacial score (nSPS) is 18.0. The van der Waals surface area contributed by atoms with Crippen LogP contribution >= 0.6 is 0 Å². The van der Waals surface area contributed by atoms with Crippen molar-refractivity contribution in [3.63, 3.8) is 0 Å². The average Bonchev–Trinajstić information content (AvgIpc) is 2.96. The SMILES string of the molecule is CCCCCCCC(O)Cc1ccn(C2CCCCC2)n1. The van der Waals surface area contributed by atoms with Gasteiger partial charge in [-0.25, -0.2) is 0 Å². The van der Waals surface area contributed by atoms with Gasteiger partial charge in [-0.1, -0.05) is 58.3 Å². The number of nitrogens with zero attached hydrogens (tertiary/aromatic N) is 2. The van der Waals surface area contributed by atoms with Crippen molar-refractivity contribution in [3.8, 4) is 0 Å². The zero-order chi connectivity index (χ0) is 14.9. The summed E-state index contributed by atoms with van der Waals surface area (Å²) in [5, 5.41) is 14.8. The maximum absolute atomic E-state index is 10.1. The fraction of sp³-hybridized carbons (Fsp3) is 0.833. The maximum atomic E-state index is 10.1. The predicted molar refractivity (Wildman–Crippen MR) is 87.4 cm³/mol. The molecule has 0 aliphatic heterocycles. The lowest BCUT2D eigenvalue weighted by atomic mass is 9.96. The molecule has 1 heterocycles. The van der Waals surface area contributed by atoms with Gasteiger partial charge in [-0.15, -0.1) is 0 Å². The predicted octanol–water partition coefficient (Wildman–Crippen LogP) is 4.65. The fourth-order valence-corrected chi connectivity index (χ4v) is 3.36. The van der Waals surface area contributed by atoms with Crippen molar-refractivity contribution in [1.82, 2.24) is 9.78 Å². The Morgan fingerprint density at radius 2 is 1.95 bits per heavy atom. The summed E-state index contributed by atoms with van der Waals surface area (Å²) in [6.45, 7) is 2.23. The van der Waals surface area contributed by atoms with Crippen LogP contribution in [-0.2, 0) is 6.42 Å². The summed E-state index contributed by atoms with van der Waals surface area (Å²) >= 11 is 0. The van der Waals surface area contributed by atoms with Gasteiger partial charge in [0.1, 0.15) is 0 Å². The Bertz CT molecular complexity index is 382. The lowest BCUT2D eigenvalue weighted by molar-refractivity contribution is 0.159. The lowest BCUT2D eigenvalue weighted by Crippen LogP contribution is -2.15. The van der Waals surface area contributed by atoms with Gasteiger partial charge in [0.05, 0.1) is 17.8 Å². The minimum Gasteiger partial charge on any atom is -0.393 e. The highest BCUT2D eigenvalue weighted by molar-refractivity contribution is 5.01. The molecule has 1 atom stereocenters. The number of aliphatic hydroxyl groups is 1. The highest BCUT2D eigenvalue weighted by Gasteiger charge is 2.16. The standard InChI is InChI=1S/C18H32N2O/c1-2-3-4-5-9-12-18(21)15-16-13-14-20(19-16)17-10-7-6-8-11-17/h13-14,17-18,21H,2-12,15H2,1H3. The quantitative estimate of drug-likeness (QED) is 0.673. The Balaban J connectivity index is 1.68. The molecule has 2 rings (SSSR count). The zero-order valence-electron chi connectivity index (χ0n) is 13.6. The van der Waals surface area contributed by atoms with Crippen LogP contribution in [0.2, 0.25) is 0 Å². The zero-order valence-corrected chi connectivity index (χ0v) is 13.6. The fourth-order valence-electron chi connectivity index (χ4n) is 3.36. The number of aromatic nitrogens is 2. The van der Waals surface area contributed by atoms with E-state index in [1.165, 1.54) is 57.8 Å². The lowest BCUT2D eigenvalue weighted by Gasteiger charge is -2.21. The monoisotopic (exact) mass is 292 g/mol. The number of hydrogen-bond donors (Lipinski definition) is 1. The molecule has 3 heteroatoms. The number of aliphatic hydroxyl groups excluding tert-OH is 1. The van der Waals surface area contributed by atoms with Gasteiger partial charge >= 0.3 is 0 Å². The Morgan fingerprint density at radius 1 is 1.19 bits per heavy atom. The van der Waals surface area contributed by atoms with Gasteiger partial charge in [0.25, 0.3) is 0 Å². The maximum Gasteiger partial charge on any atom is 0.0650 e. The minimum absolute atomic E-state index is 0.221. The Labute approximate surface area is 129 Å². The van der Waals surface area contributed by atoms with Gasteiger partial charge in [0.15, 0.2) is 0 Å². The van der Waals surface area contributed by atoms with Gasteiger partial charge in [-0.3, -0.25) is 4.68 Å². The highest BCUT2D eigenvalue weighted by Crippen LogP contribution is 2.27. The molecule has 1 N–H and O–H groups in total. The third-order valence-electron chi connectivity index (χ3n) is 4.70. The molecular weight excluding hydrogens is 260 g/mol. The summed E-state index contributed by atoms with van der Waals surface area (Å²) in [5.74, 6) is 0. The molecule has 21 heavy (non-hydrogen) atoms. The molecule has 0 amide bonds. The molecule has 1 aromatic heterocycles. The van der Waals surface area contributed by atoms with E-state index >= 15 is 0 Å². The van der Waals surface area contributed by atoms with Crippen molar-refractivity contribution in [2.24, 2.45) is 0 Å². The summed E-state index contributed by atoms with van der Waals surface area (Å²) in [5.41, 5.74) is 1.06. The van der Waals surface area contributed by atoms with Crippen LogP contribution in [0.5, 0.6) is 0 Å². The second-order valence-corrected chi connectivity index (χ2v) is 6.64. The molecule has 0 spiro atoms. The third-order valence-corrected chi connectivity index (χ3v) is 4.70. The van der Waals surface area contributed by atoms with E-state index in [0.717, 1.165) is 18.5 Å². The topological polar surface area (TPSA) is 38.0 Å². The first-order chi connectivity index (χ1) is 10.3. The minimum atomic E-state index is -0.221. The van der Waals surface area contributed by atoms with Crippen molar-refractivity contribution >= 4 is 0 Å². The van der Waals surface area contributed by atoms with E-state index in [1.54, 1.807) is 0 Å². The smallest absolute Gasteiger partial charge is 0.0650 e. The molecule has 120 valence electrons. The summed E-state index contributed by atoms with van der Waals surface area (Å²) < 4.78 is 2.14. The van der Waals surface area contributed by atoms with Crippen LogP contribution in [0.1, 0.15) is 89.3 Å². The number of hydrogen-bond acceptors (Lipinski definition) is 2. The molecular formula is C18H32N2O. The Morgan fingerprint density at radius 3 is 2.71 bits per heavy atom. The third kappa shape index (κ3) is 5.82. The summed E-state index contributed by atoms with van der Waals surface area (Å²) in [6.07, 6.45) is 16.4. The average molecular weight is 292 g/mol. The van der Waals surface area contributed by atoms with Crippen molar-refractivity contribution in [2.75, 3.05) is 0 Å². The second kappa shape index (κ2) is 9.24. The molecule has 0 aromatic carbocycles. The van der Waals surface area contributed by atoms with Crippen molar-refractivity contribution in [1.29, 1.82) is 0 Å². The van der Waals surface area contributed by atoms with E-state index in [9.17, 15) is 5.11 Å². The van der Waals surface area contributed by atoms with Gasteiger partial charge in [0, 0.05) is 12.6 Å². The highest BCUT2D eigenvalue weighted by atomic mass is 16.3. The first kappa shape index (κ1) is 16.5. The molecule has 0 radical (unpaired) electrons. The first-order valence-corrected chi connectivity index (χ1v) is 9.01. The number of rotatable bonds is 9. The Hall–Kier alpha value is -0.830. The second-order valence-electron chi connectivity index (χ2n) is 6.64. The van der Waals surface area contributed by atoms with Gasteiger partial charge in [-0.05, 0) is 25.3 Å². The van der Waals surface area contributed by atoms with Gasteiger partial charge in [-0.2, -0.15) is 5.10 Å². The van der Waals surface area contributed by atoms with Crippen LogP contribution in [0.4, 0.5) is 0 Å². The molecule has 0 saturated heterocycles. The first-order valence-electron chi connectivity index (χ1n) is 9.01. The number of unbranched alkanes of at least 4 members (excludes halogenated alkanes) is 4. The largest absolute Gasteiger partial charge is 0.393 e. The summed E-state index contributed by atoms with van der Waals surface area (Å²) in [7, 11) is 0. The van der Waals surface area contributed by atoms with E-state index < -0.39 is 0 Å². The molecule has 1 saturated carbocycles. The molecule has 0 bridgehead atoms. The van der Waals surface area contributed by atoms with E-state index in [-0.39, 0.29) is 6.10 Å². The van der Waals surface area contributed by atoms with Crippen LogP contribution in [-0.4, -0.2) is 21.0 Å². The molecule has 1 unspecified atom stereocenters. The van der Waals surface area contributed by atoms with Gasteiger partial charge < -0.3 is 5.11 Å². The molecule has 1 aliphatic carbocycles. The summed E-state index contributed by atoms with van der Waals surface area (Å²) in [6, 6.07) is 2.69. The van der Waals surface area contributed by atoms with Crippen LogP contribution in [0, 0.1) is 0 Å². The van der Waals surface area contributed by atoms with E-state index in [0.29, 0.717) is 12.5 Å². The van der Waals surface area contributed by atoms with E-state index in [1.807, 2.05) is 0 Å². The van der Waals surface area contributed by atoms with E-state index in [4.69, 9.17) is 0 Å². The van der Waals surface area contributed by atoms with Crippen molar-refractivity contribution in [2.45, 2.75) is 96.1 Å². The molecule has 3 nitrogen and oxygen atoms in total. The summed E-state index contributed by atoms with van der Waals surface area (Å²) in [4.78, 5) is 0. The van der Waals surface area contributed by atoms with Crippen LogP contribution in [0.25, 0.3) is 0 Å². The van der Waals surface area contributed by atoms with Crippen LogP contribution in [0.15, 0.2) is 12.3 Å². The van der Waals surface area contributed by atoms with Crippen LogP contribution < -0.4 is 0 Å². The van der Waals surface area contributed by atoms with Crippen molar-refractivity contribution < 1.29 is 5.11 Å². The van der Waals surface area contributed by atoms with Crippen LogP contribution in [0.3, 0.4) is 0 Å². The molecule has 1 aromatic rings. The molecule has 1 fully saturated rings. The Kier molecular flexibility index (Phi) is 7.28. The molecule has 1 aliphatic rings. The van der Waals surface area contributed by atoms with Gasteiger partial charge in [0.2, 0.25) is 0 Å².